The fraction of sp³-hybridized carbons (Fsp3) is 0.526. The molecule has 0 aliphatic carbocycles. The van der Waals surface area contributed by atoms with Crippen LogP contribution < -0.4 is 10.6 Å². The second-order valence-electron chi connectivity index (χ2n) is 6.11. The lowest BCUT2D eigenvalue weighted by atomic mass is 10.1. The lowest BCUT2D eigenvalue weighted by Crippen LogP contribution is -2.38. The first-order valence-corrected chi connectivity index (χ1v) is 8.44. The molecular weight excluding hydrogens is 413 g/mol. The molecule has 0 bridgehead atoms. The average Bonchev–Trinajstić information content (AvgIpc) is 2.53. The second kappa shape index (κ2) is 11.5. The highest BCUT2D eigenvalue weighted by atomic mass is 127. The number of guanidine groups is 1. The molecule has 134 valence electrons. The monoisotopic (exact) mass is 443 g/mol. The molecule has 0 aromatic heterocycles. The number of nitrogens with one attached hydrogen (secondary N) is 2. The van der Waals surface area contributed by atoms with E-state index in [1.807, 2.05) is 7.05 Å². The Hall–Kier alpha value is -1.08. The van der Waals surface area contributed by atoms with E-state index < -0.39 is 0 Å². The Bertz CT molecular complexity index is 549. The van der Waals surface area contributed by atoms with Crippen LogP contribution in [0.1, 0.15) is 29.5 Å². The number of hydrogen-bond acceptors (Lipinski definition) is 2. The van der Waals surface area contributed by atoms with E-state index in [1.165, 1.54) is 22.3 Å². The van der Waals surface area contributed by atoms with Gasteiger partial charge >= 0.3 is 0 Å². The minimum absolute atomic E-state index is 0. The van der Waals surface area contributed by atoms with Gasteiger partial charge in [-0.2, -0.15) is 0 Å². The third kappa shape index (κ3) is 7.66. The minimum Gasteiger partial charge on any atom is -0.377 e. The fourth-order valence-corrected chi connectivity index (χ4v) is 2.89. The average molecular weight is 443 g/mol. The molecule has 0 radical (unpaired) electrons. The van der Waals surface area contributed by atoms with Gasteiger partial charge in [0.05, 0.1) is 13.2 Å². The van der Waals surface area contributed by atoms with Gasteiger partial charge in [0.1, 0.15) is 0 Å². The fourth-order valence-electron chi connectivity index (χ4n) is 2.89. The Labute approximate surface area is 163 Å². The van der Waals surface area contributed by atoms with Crippen LogP contribution in [0.2, 0.25) is 0 Å². The number of aliphatic imine (C=N–C) groups is 1. The third-order valence-electron chi connectivity index (χ3n) is 4.01. The summed E-state index contributed by atoms with van der Waals surface area (Å²) in [7, 11) is 1.82. The van der Waals surface area contributed by atoms with Gasteiger partial charge < -0.3 is 15.4 Å². The molecule has 1 aromatic rings. The second-order valence-corrected chi connectivity index (χ2v) is 6.11. The van der Waals surface area contributed by atoms with Crippen molar-refractivity contribution < 1.29 is 4.74 Å². The van der Waals surface area contributed by atoms with Gasteiger partial charge in [0, 0.05) is 20.1 Å². The molecule has 0 spiro atoms. The molecule has 0 unspecified atom stereocenters. The zero-order chi connectivity index (χ0) is 16.5. The highest BCUT2D eigenvalue weighted by molar-refractivity contribution is 14.0. The highest BCUT2D eigenvalue weighted by Gasteiger charge is 2.04. The molecule has 5 heteroatoms. The summed E-state index contributed by atoms with van der Waals surface area (Å²) in [5.41, 5.74) is 5.51. The van der Waals surface area contributed by atoms with Gasteiger partial charge in [-0.15, -0.1) is 24.0 Å². The van der Waals surface area contributed by atoms with E-state index in [2.05, 4.69) is 53.7 Å². The summed E-state index contributed by atoms with van der Waals surface area (Å²) in [5, 5.41) is 6.77. The molecule has 0 saturated carbocycles. The number of rotatable bonds is 6. The molecule has 1 aromatic carbocycles. The van der Waals surface area contributed by atoms with Crippen LogP contribution in [0.3, 0.4) is 0 Å². The summed E-state index contributed by atoms with van der Waals surface area (Å²) in [4.78, 5) is 4.29. The van der Waals surface area contributed by atoms with Crippen LogP contribution in [-0.2, 0) is 11.2 Å². The first kappa shape index (κ1) is 21.0. The van der Waals surface area contributed by atoms with E-state index in [-0.39, 0.29) is 24.0 Å². The maximum absolute atomic E-state index is 5.33. The molecule has 1 aliphatic rings. The maximum atomic E-state index is 5.33. The van der Waals surface area contributed by atoms with Gasteiger partial charge in [-0.1, -0.05) is 41.0 Å². The largest absolute Gasteiger partial charge is 0.377 e. The van der Waals surface area contributed by atoms with Gasteiger partial charge in [0.25, 0.3) is 0 Å². The molecule has 1 aliphatic heterocycles. The molecule has 2 N–H and O–H groups in total. The number of halogens is 1. The van der Waals surface area contributed by atoms with Crippen LogP contribution in [0.5, 0.6) is 0 Å². The van der Waals surface area contributed by atoms with Gasteiger partial charge in [0.15, 0.2) is 5.96 Å². The smallest absolute Gasteiger partial charge is 0.190 e. The van der Waals surface area contributed by atoms with E-state index in [9.17, 15) is 0 Å². The number of ether oxygens (including phenoxy) is 1. The van der Waals surface area contributed by atoms with E-state index in [0.717, 1.165) is 51.5 Å². The van der Waals surface area contributed by atoms with Crippen LogP contribution in [0.15, 0.2) is 34.8 Å². The molecule has 2 rings (SSSR count). The summed E-state index contributed by atoms with van der Waals surface area (Å²) < 4.78 is 5.33. The van der Waals surface area contributed by atoms with Crippen LogP contribution in [0.4, 0.5) is 0 Å². The number of nitrogens with zero attached hydrogens (tertiary/aromatic N) is 1. The standard InChI is InChI=1S/C19H29N3O.HI/c1-15-12-16(2)14-18(13-15)5-9-22-19(20-3)21-8-4-17-6-10-23-11-7-17;/h6,12-14H,4-5,7-11H2,1-3H3,(H2,20,21,22);1H. The Morgan fingerprint density at radius 2 is 1.75 bits per heavy atom. The Morgan fingerprint density at radius 3 is 2.33 bits per heavy atom. The SMILES string of the molecule is CN=C(NCCC1=CCOCC1)NCCc1cc(C)cc(C)c1.I. The van der Waals surface area contributed by atoms with Crippen LogP contribution in [0, 0.1) is 13.8 Å². The summed E-state index contributed by atoms with van der Waals surface area (Å²) >= 11 is 0. The van der Waals surface area contributed by atoms with E-state index in [0.29, 0.717) is 0 Å². The molecule has 1 heterocycles. The minimum atomic E-state index is 0. The first-order chi connectivity index (χ1) is 11.2. The van der Waals surface area contributed by atoms with Crippen molar-refractivity contribution in [1.82, 2.24) is 10.6 Å². The summed E-state index contributed by atoms with van der Waals surface area (Å²) in [6.07, 6.45) is 5.31. The maximum Gasteiger partial charge on any atom is 0.190 e. The van der Waals surface area contributed by atoms with Gasteiger partial charge in [-0.05, 0) is 38.7 Å². The van der Waals surface area contributed by atoms with Crippen molar-refractivity contribution in [1.29, 1.82) is 0 Å². The predicted molar refractivity (Wildman–Crippen MR) is 113 cm³/mol. The van der Waals surface area contributed by atoms with Gasteiger partial charge in [-0.25, -0.2) is 0 Å². The van der Waals surface area contributed by atoms with E-state index in [4.69, 9.17) is 4.74 Å². The van der Waals surface area contributed by atoms with E-state index in [1.54, 1.807) is 0 Å². The highest BCUT2D eigenvalue weighted by Crippen LogP contribution is 2.11. The van der Waals surface area contributed by atoms with Gasteiger partial charge in [0.2, 0.25) is 0 Å². The zero-order valence-electron chi connectivity index (χ0n) is 15.0. The normalized spacial score (nSPS) is 14.6. The molecular formula is C19H30IN3O. The predicted octanol–water partition coefficient (Wildman–Crippen LogP) is 3.37. The summed E-state index contributed by atoms with van der Waals surface area (Å²) in [6, 6.07) is 6.72. The van der Waals surface area contributed by atoms with Crippen molar-refractivity contribution in [3.8, 4) is 0 Å². The lowest BCUT2D eigenvalue weighted by molar-refractivity contribution is 0.153. The quantitative estimate of drug-likeness (QED) is 0.307. The van der Waals surface area contributed by atoms with Crippen LogP contribution in [-0.4, -0.2) is 39.3 Å². The van der Waals surface area contributed by atoms with Gasteiger partial charge in [-0.3, -0.25) is 4.99 Å². The molecule has 0 saturated heterocycles. The molecule has 24 heavy (non-hydrogen) atoms. The molecule has 4 nitrogen and oxygen atoms in total. The first-order valence-electron chi connectivity index (χ1n) is 8.44. The number of hydrogen-bond donors (Lipinski definition) is 2. The molecule has 0 amide bonds. The van der Waals surface area contributed by atoms with Crippen molar-refractivity contribution in [3.63, 3.8) is 0 Å². The Morgan fingerprint density at radius 1 is 1.08 bits per heavy atom. The Balaban J connectivity index is 0.00000288. The molecule has 0 atom stereocenters. The Kier molecular flexibility index (Phi) is 10.0. The number of benzene rings is 1. The third-order valence-corrected chi connectivity index (χ3v) is 4.01. The van der Waals surface area contributed by atoms with Crippen molar-refractivity contribution in [2.75, 3.05) is 33.4 Å². The van der Waals surface area contributed by atoms with E-state index >= 15 is 0 Å². The summed E-state index contributed by atoms with van der Waals surface area (Å²) in [6.45, 7) is 7.71. The lowest BCUT2D eigenvalue weighted by Gasteiger charge is -2.15. The zero-order valence-corrected chi connectivity index (χ0v) is 17.4. The van der Waals surface area contributed by atoms with Crippen LogP contribution in [0.25, 0.3) is 0 Å². The number of aryl methyl sites for hydroxylation is 2. The molecule has 0 fully saturated rings. The van der Waals surface area contributed by atoms with Crippen LogP contribution >= 0.6 is 24.0 Å². The summed E-state index contributed by atoms with van der Waals surface area (Å²) in [5.74, 6) is 0.877. The van der Waals surface area contributed by atoms with Crippen molar-refractivity contribution in [2.24, 2.45) is 4.99 Å². The topological polar surface area (TPSA) is 45.7 Å². The van der Waals surface area contributed by atoms with Crippen molar-refractivity contribution in [2.45, 2.75) is 33.1 Å². The van der Waals surface area contributed by atoms with Crippen molar-refractivity contribution in [3.05, 3.63) is 46.5 Å². The van der Waals surface area contributed by atoms with Crippen molar-refractivity contribution >= 4 is 29.9 Å².